The fraction of sp³-hybridized carbons (Fsp3) is 0.385. The molecule has 5 nitrogen and oxygen atoms in total. The van der Waals surface area contributed by atoms with Crippen LogP contribution in [0.3, 0.4) is 0 Å². The molecule has 0 aliphatic rings. The summed E-state index contributed by atoms with van der Waals surface area (Å²) in [6.07, 6.45) is 0. The second-order valence-corrected chi connectivity index (χ2v) is 4.59. The third kappa shape index (κ3) is 3.85. The molecule has 98 valence electrons. The van der Waals surface area contributed by atoms with Crippen LogP contribution in [0.25, 0.3) is 0 Å². The van der Waals surface area contributed by atoms with E-state index < -0.39 is 5.54 Å². The second-order valence-electron chi connectivity index (χ2n) is 4.59. The summed E-state index contributed by atoms with van der Waals surface area (Å²) in [6.45, 7) is 5.02. The molecule has 0 heterocycles. The molecule has 0 saturated heterocycles. The largest absolute Gasteiger partial charge is 0.326 e. The Hall–Kier alpha value is -1.88. The van der Waals surface area contributed by atoms with Crippen molar-refractivity contribution >= 4 is 23.2 Å². The predicted octanol–water partition coefficient (Wildman–Crippen LogP) is 1.58. The summed E-state index contributed by atoms with van der Waals surface area (Å²) in [7, 11) is 1.73. The van der Waals surface area contributed by atoms with Gasteiger partial charge in [0.05, 0.1) is 5.54 Å². The van der Waals surface area contributed by atoms with Gasteiger partial charge in [0, 0.05) is 18.3 Å². The van der Waals surface area contributed by atoms with Gasteiger partial charge in [-0.05, 0) is 39.1 Å². The van der Waals surface area contributed by atoms with Crippen molar-refractivity contribution in [3.63, 3.8) is 0 Å². The van der Waals surface area contributed by atoms with Crippen LogP contribution in [0.4, 0.5) is 11.4 Å². The van der Waals surface area contributed by atoms with Crippen molar-refractivity contribution < 1.29 is 9.59 Å². The van der Waals surface area contributed by atoms with Gasteiger partial charge in [-0.1, -0.05) is 6.07 Å². The smallest absolute Gasteiger partial charge is 0.244 e. The number of hydrogen-bond acceptors (Lipinski definition) is 3. The van der Waals surface area contributed by atoms with Gasteiger partial charge < -0.3 is 16.0 Å². The van der Waals surface area contributed by atoms with Crippen LogP contribution in [-0.2, 0) is 9.59 Å². The molecule has 1 rings (SSSR count). The lowest BCUT2D eigenvalue weighted by Crippen LogP contribution is -2.47. The number of amides is 2. The summed E-state index contributed by atoms with van der Waals surface area (Å²) in [6, 6.07) is 7.02. The average molecular weight is 249 g/mol. The van der Waals surface area contributed by atoms with Crippen LogP contribution in [0.15, 0.2) is 24.3 Å². The van der Waals surface area contributed by atoms with Gasteiger partial charge >= 0.3 is 0 Å². The fourth-order valence-electron chi connectivity index (χ4n) is 1.28. The van der Waals surface area contributed by atoms with Crippen LogP contribution in [0.1, 0.15) is 20.8 Å². The number of benzene rings is 1. The molecule has 0 spiro atoms. The number of carbonyl (C=O) groups excluding carboxylic acids is 2. The number of hydrogen-bond donors (Lipinski definition) is 3. The Bertz CT molecular complexity index is 455. The van der Waals surface area contributed by atoms with E-state index >= 15 is 0 Å². The lowest BCUT2D eigenvalue weighted by molar-refractivity contribution is -0.121. The van der Waals surface area contributed by atoms with E-state index in [1.165, 1.54) is 6.92 Å². The molecule has 0 radical (unpaired) electrons. The highest BCUT2D eigenvalue weighted by Crippen LogP contribution is 2.16. The van der Waals surface area contributed by atoms with Crippen molar-refractivity contribution in [3.05, 3.63) is 24.3 Å². The number of likely N-dealkylation sites (N-methyl/N-ethyl adjacent to an activating group) is 1. The fourth-order valence-corrected chi connectivity index (χ4v) is 1.28. The number of rotatable bonds is 4. The normalized spacial score (nSPS) is 10.9. The zero-order valence-corrected chi connectivity index (χ0v) is 11.1. The molecule has 18 heavy (non-hydrogen) atoms. The van der Waals surface area contributed by atoms with Crippen molar-refractivity contribution in [2.75, 3.05) is 17.7 Å². The molecule has 1 aromatic rings. The quantitative estimate of drug-likeness (QED) is 0.758. The lowest BCUT2D eigenvalue weighted by atomic mass is 10.1. The topological polar surface area (TPSA) is 70.2 Å². The Morgan fingerprint density at radius 3 is 2.17 bits per heavy atom. The molecular weight excluding hydrogens is 230 g/mol. The van der Waals surface area contributed by atoms with Gasteiger partial charge in [0.1, 0.15) is 0 Å². The summed E-state index contributed by atoms with van der Waals surface area (Å²) in [5.41, 5.74) is 0.654. The first-order valence-corrected chi connectivity index (χ1v) is 5.73. The van der Waals surface area contributed by atoms with E-state index in [-0.39, 0.29) is 11.8 Å². The first-order valence-electron chi connectivity index (χ1n) is 5.73. The molecule has 0 aliphatic carbocycles. The Balaban J connectivity index is 2.79. The third-order valence-corrected chi connectivity index (χ3v) is 2.63. The summed E-state index contributed by atoms with van der Waals surface area (Å²) in [4.78, 5) is 22.9. The highest BCUT2D eigenvalue weighted by atomic mass is 16.2. The van der Waals surface area contributed by atoms with Gasteiger partial charge in [0.25, 0.3) is 0 Å². The highest BCUT2D eigenvalue weighted by molar-refractivity contribution is 5.98. The SMILES string of the molecule is CNC(C)(C)C(=O)Nc1cccc(NC(C)=O)c1. The van der Waals surface area contributed by atoms with E-state index in [0.717, 1.165) is 0 Å². The lowest BCUT2D eigenvalue weighted by Gasteiger charge is -2.22. The second kappa shape index (κ2) is 5.64. The molecule has 2 amide bonds. The van der Waals surface area contributed by atoms with Gasteiger partial charge in [0.15, 0.2) is 0 Å². The molecule has 1 aromatic carbocycles. The molecule has 0 bridgehead atoms. The minimum atomic E-state index is -0.649. The zero-order chi connectivity index (χ0) is 13.8. The maximum absolute atomic E-state index is 11.9. The van der Waals surface area contributed by atoms with Crippen LogP contribution in [0.2, 0.25) is 0 Å². The summed E-state index contributed by atoms with van der Waals surface area (Å²) in [5.74, 6) is -0.279. The molecule has 0 aromatic heterocycles. The van der Waals surface area contributed by atoms with Gasteiger partial charge in [-0.2, -0.15) is 0 Å². The maximum Gasteiger partial charge on any atom is 0.244 e. The Labute approximate surface area is 107 Å². The Morgan fingerprint density at radius 1 is 1.11 bits per heavy atom. The zero-order valence-electron chi connectivity index (χ0n) is 11.1. The number of nitrogens with one attached hydrogen (secondary N) is 3. The molecule has 3 N–H and O–H groups in total. The van der Waals surface area contributed by atoms with E-state index in [2.05, 4.69) is 16.0 Å². The molecule has 0 aliphatic heterocycles. The van der Waals surface area contributed by atoms with Crippen LogP contribution in [0, 0.1) is 0 Å². The Morgan fingerprint density at radius 2 is 1.67 bits per heavy atom. The van der Waals surface area contributed by atoms with Crippen LogP contribution >= 0.6 is 0 Å². The molecule has 0 fully saturated rings. The average Bonchev–Trinajstić information content (AvgIpc) is 2.28. The van der Waals surface area contributed by atoms with Crippen molar-refractivity contribution in [2.45, 2.75) is 26.3 Å². The standard InChI is InChI=1S/C13H19N3O2/c1-9(17)15-10-6-5-7-11(8-10)16-12(18)13(2,3)14-4/h5-8,14H,1-4H3,(H,15,17)(H,16,18). The Kier molecular flexibility index (Phi) is 4.44. The van der Waals surface area contributed by atoms with Crippen molar-refractivity contribution in [1.82, 2.24) is 5.32 Å². The van der Waals surface area contributed by atoms with Crippen molar-refractivity contribution in [3.8, 4) is 0 Å². The summed E-state index contributed by atoms with van der Waals surface area (Å²) < 4.78 is 0. The first kappa shape index (κ1) is 14.2. The van der Waals surface area contributed by atoms with Crippen molar-refractivity contribution in [2.24, 2.45) is 0 Å². The molecular formula is C13H19N3O2. The van der Waals surface area contributed by atoms with E-state index in [4.69, 9.17) is 0 Å². The van der Waals surface area contributed by atoms with Crippen LogP contribution < -0.4 is 16.0 Å². The number of carbonyl (C=O) groups is 2. The number of anilines is 2. The highest BCUT2D eigenvalue weighted by Gasteiger charge is 2.25. The summed E-state index contributed by atoms with van der Waals surface area (Å²) >= 11 is 0. The monoisotopic (exact) mass is 249 g/mol. The third-order valence-electron chi connectivity index (χ3n) is 2.63. The van der Waals surface area contributed by atoms with Gasteiger partial charge in [-0.25, -0.2) is 0 Å². The van der Waals surface area contributed by atoms with E-state index in [1.54, 1.807) is 45.2 Å². The minimum absolute atomic E-state index is 0.134. The molecule has 0 saturated carbocycles. The van der Waals surface area contributed by atoms with Crippen molar-refractivity contribution in [1.29, 1.82) is 0 Å². The molecule has 0 atom stereocenters. The van der Waals surface area contributed by atoms with Crippen LogP contribution in [-0.4, -0.2) is 24.4 Å². The minimum Gasteiger partial charge on any atom is -0.326 e. The van der Waals surface area contributed by atoms with Gasteiger partial charge in [0.2, 0.25) is 11.8 Å². The maximum atomic E-state index is 11.9. The van der Waals surface area contributed by atoms with Gasteiger partial charge in [-0.15, -0.1) is 0 Å². The predicted molar refractivity (Wildman–Crippen MR) is 72.5 cm³/mol. The summed E-state index contributed by atoms with van der Waals surface area (Å²) in [5, 5.41) is 8.39. The van der Waals surface area contributed by atoms with Gasteiger partial charge in [-0.3, -0.25) is 9.59 Å². The molecule has 5 heteroatoms. The molecule has 0 unspecified atom stereocenters. The van der Waals surface area contributed by atoms with E-state index in [1.807, 2.05) is 0 Å². The van der Waals surface area contributed by atoms with E-state index in [0.29, 0.717) is 11.4 Å². The van der Waals surface area contributed by atoms with Crippen LogP contribution in [0.5, 0.6) is 0 Å². The van der Waals surface area contributed by atoms with E-state index in [9.17, 15) is 9.59 Å². The first-order chi connectivity index (χ1) is 8.35.